The SMILES string of the molecule is Cc1ccccc1NC(=O)C[NH+]1CC[NH+](C)CC1. The Hall–Kier alpha value is -1.39. The van der Waals surface area contributed by atoms with Gasteiger partial charge in [0, 0.05) is 5.69 Å². The maximum absolute atomic E-state index is 12.0. The number of anilines is 1. The predicted octanol–water partition coefficient (Wildman–Crippen LogP) is -1.65. The van der Waals surface area contributed by atoms with Crippen molar-refractivity contribution in [3.63, 3.8) is 0 Å². The summed E-state index contributed by atoms with van der Waals surface area (Å²) in [6.45, 7) is 7.10. The first-order valence-corrected chi connectivity index (χ1v) is 6.65. The molecular weight excluding hydrogens is 226 g/mol. The number of benzene rings is 1. The van der Waals surface area contributed by atoms with Crippen molar-refractivity contribution in [3.8, 4) is 0 Å². The van der Waals surface area contributed by atoms with E-state index < -0.39 is 0 Å². The molecule has 0 spiro atoms. The zero-order valence-electron chi connectivity index (χ0n) is 11.3. The van der Waals surface area contributed by atoms with Crippen LogP contribution in [0.5, 0.6) is 0 Å². The first kappa shape index (κ1) is 13.1. The van der Waals surface area contributed by atoms with Crippen LogP contribution in [-0.2, 0) is 4.79 Å². The molecule has 1 aliphatic rings. The summed E-state index contributed by atoms with van der Waals surface area (Å²) in [5, 5.41) is 3.00. The number of carbonyl (C=O) groups excluding carboxylic acids is 1. The second-order valence-electron chi connectivity index (χ2n) is 5.25. The van der Waals surface area contributed by atoms with Gasteiger partial charge >= 0.3 is 0 Å². The number of aryl methyl sites for hydroxylation is 1. The molecule has 2 rings (SSSR count). The van der Waals surface area contributed by atoms with Crippen LogP contribution < -0.4 is 15.1 Å². The summed E-state index contributed by atoms with van der Waals surface area (Å²) in [6, 6.07) is 7.91. The molecule has 4 heteroatoms. The maximum Gasteiger partial charge on any atom is 0.279 e. The lowest BCUT2D eigenvalue weighted by Gasteiger charge is -2.26. The number of likely N-dealkylation sites (N-methyl/N-ethyl adjacent to an activating group) is 1. The van der Waals surface area contributed by atoms with Crippen molar-refractivity contribution >= 4 is 11.6 Å². The first-order chi connectivity index (χ1) is 8.65. The summed E-state index contributed by atoms with van der Waals surface area (Å²) in [5.41, 5.74) is 2.05. The van der Waals surface area contributed by atoms with Crippen LogP contribution in [0.3, 0.4) is 0 Å². The molecular formula is C14H23N3O+2. The second-order valence-corrected chi connectivity index (χ2v) is 5.25. The molecule has 1 heterocycles. The summed E-state index contributed by atoms with van der Waals surface area (Å²) >= 11 is 0. The number of piperazine rings is 1. The Morgan fingerprint density at radius 2 is 1.89 bits per heavy atom. The minimum absolute atomic E-state index is 0.124. The molecule has 0 radical (unpaired) electrons. The number of amides is 1. The number of nitrogens with one attached hydrogen (secondary N) is 3. The third-order valence-electron chi connectivity index (χ3n) is 3.64. The minimum Gasteiger partial charge on any atom is -0.328 e. The molecule has 1 aromatic carbocycles. The average Bonchev–Trinajstić information content (AvgIpc) is 2.35. The topological polar surface area (TPSA) is 38.0 Å². The van der Waals surface area contributed by atoms with Crippen molar-refractivity contribution in [2.24, 2.45) is 0 Å². The highest BCUT2D eigenvalue weighted by Crippen LogP contribution is 2.12. The lowest BCUT2D eigenvalue weighted by Crippen LogP contribution is -3.27. The van der Waals surface area contributed by atoms with Crippen LogP contribution in [0.1, 0.15) is 5.56 Å². The van der Waals surface area contributed by atoms with E-state index in [0.717, 1.165) is 37.4 Å². The van der Waals surface area contributed by atoms with Gasteiger partial charge in [-0.3, -0.25) is 4.79 Å². The van der Waals surface area contributed by atoms with Crippen molar-refractivity contribution in [1.82, 2.24) is 0 Å². The molecule has 1 amide bonds. The second kappa shape index (κ2) is 5.98. The fourth-order valence-electron chi connectivity index (χ4n) is 2.34. The molecule has 1 fully saturated rings. The first-order valence-electron chi connectivity index (χ1n) is 6.65. The molecule has 4 nitrogen and oxygen atoms in total. The van der Waals surface area contributed by atoms with Crippen LogP contribution >= 0.6 is 0 Å². The maximum atomic E-state index is 12.0. The summed E-state index contributed by atoms with van der Waals surface area (Å²) in [5.74, 6) is 0.124. The minimum atomic E-state index is 0.124. The Labute approximate surface area is 109 Å². The van der Waals surface area contributed by atoms with E-state index in [-0.39, 0.29) is 5.91 Å². The van der Waals surface area contributed by atoms with E-state index in [1.54, 1.807) is 4.90 Å². The van der Waals surface area contributed by atoms with Gasteiger partial charge < -0.3 is 15.1 Å². The van der Waals surface area contributed by atoms with Crippen molar-refractivity contribution in [2.75, 3.05) is 45.1 Å². The highest BCUT2D eigenvalue weighted by atomic mass is 16.2. The standard InChI is InChI=1S/C14H21N3O/c1-12-5-3-4-6-13(12)15-14(18)11-17-9-7-16(2)8-10-17/h3-6H,7-11H2,1-2H3,(H,15,18)/p+2. The molecule has 1 saturated heterocycles. The van der Waals surface area contributed by atoms with Gasteiger partial charge in [0.25, 0.3) is 5.91 Å². The number of quaternary nitrogens is 2. The third kappa shape index (κ3) is 3.55. The van der Waals surface area contributed by atoms with Gasteiger partial charge in [0.05, 0.1) is 7.05 Å². The smallest absolute Gasteiger partial charge is 0.279 e. The number of para-hydroxylation sites is 1. The summed E-state index contributed by atoms with van der Waals surface area (Å²) in [7, 11) is 2.21. The van der Waals surface area contributed by atoms with Crippen LogP contribution in [-0.4, -0.2) is 45.7 Å². The van der Waals surface area contributed by atoms with Crippen LogP contribution in [0.4, 0.5) is 5.69 Å². The number of rotatable bonds is 3. The van der Waals surface area contributed by atoms with Gasteiger partial charge in [0.15, 0.2) is 6.54 Å². The van der Waals surface area contributed by atoms with E-state index in [0.29, 0.717) is 6.54 Å². The van der Waals surface area contributed by atoms with Gasteiger partial charge in [-0.15, -0.1) is 0 Å². The van der Waals surface area contributed by atoms with Gasteiger partial charge in [0.1, 0.15) is 26.2 Å². The fourth-order valence-corrected chi connectivity index (χ4v) is 2.34. The highest BCUT2D eigenvalue weighted by molar-refractivity contribution is 5.92. The van der Waals surface area contributed by atoms with E-state index in [2.05, 4.69) is 12.4 Å². The highest BCUT2D eigenvalue weighted by Gasteiger charge is 2.22. The monoisotopic (exact) mass is 249 g/mol. The largest absolute Gasteiger partial charge is 0.328 e. The molecule has 98 valence electrons. The van der Waals surface area contributed by atoms with Gasteiger partial charge in [0.2, 0.25) is 0 Å². The van der Waals surface area contributed by atoms with Gasteiger partial charge in [-0.25, -0.2) is 0 Å². The van der Waals surface area contributed by atoms with Crippen LogP contribution in [0, 0.1) is 6.92 Å². The molecule has 0 aliphatic carbocycles. The molecule has 18 heavy (non-hydrogen) atoms. The summed E-state index contributed by atoms with van der Waals surface area (Å²) < 4.78 is 0. The van der Waals surface area contributed by atoms with Crippen molar-refractivity contribution in [3.05, 3.63) is 29.8 Å². The van der Waals surface area contributed by atoms with Crippen LogP contribution in [0.25, 0.3) is 0 Å². The van der Waals surface area contributed by atoms with Crippen LogP contribution in [0.15, 0.2) is 24.3 Å². The fraction of sp³-hybridized carbons (Fsp3) is 0.500. The quantitative estimate of drug-likeness (QED) is 0.590. The molecule has 1 aliphatic heterocycles. The number of hydrogen-bond donors (Lipinski definition) is 3. The summed E-state index contributed by atoms with van der Waals surface area (Å²) in [6.07, 6.45) is 0. The molecule has 1 aromatic rings. The van der Waals surface area contributed by atoms with Crippen molar-refractivity contribution in [2.45, 2.75) is 6.92 Å². The molecule has 3 N–H and O–H groups in total. The lowest BCUT2D eigenvalue weighted by molar-refractivity contribution is -0.999. The van der Waals surface area contributed by atoms with Gasteiger partial charge in [-0.05, 0) is 18.6 Å². The molecule has 0 unspecified atom stereocenters. The Bertz CT molecular complexity index is 411. The van der Waals surface area contributed by atoms with Crippen molar-refractivity contribution < 1.29 is 14.6 Å². The Balaban J connectivity index is 1.84. The molecule has 0 saturated carbocycles. The zero-order chi connectivity index (χ0) is 13.0. The van der Waals surface area contributed by atoms with Gasteiger partial charge in [-0.1, -0.05) is 18.2 Å². The predicted molar refractivity (Wildman–Crippen MR) is 72.0 cm³/mol. The third-order valence-corrected chi connectivity index (χ3v) is 3.64. The normalized spacial score (nSPS) is 23.7. The van der Waals surface area contributed by atoms with E-state index in [1.165, 1.54) is 4.90 Å². The van der Waals surface area contributed by atoms with Crippen LogP contribution in [0.2, 0.25) is 0 Å². The van der Waals surface area contributed by atoms with E-state index in [4.69, 9.17) is 0 Å². The lowest BCUT2D eigenvalue weighted by atomic mass is 10.2. The molecule has 0 bridgehead atoms. The molecule has 0 aromatic heterocycles. The van der Waals surface area contributed by atoms with E-state index in [9.17, 15) is 4.79 Å². The Morgan fingerprint density at radius 3 is 2.56 bits per heavy atom. The Morgan fingerprint density at radius 1 is 1.22 bits per heavy atom. The zero-order valence-corrected chi connectivity index (χ0v) is 11.3. The number of hydrogen-bond acceptors (Lipinski definition) is 1. The number of carbonyl (C=O) groups is 1. The Kier molecular flexibility index (Phi) is 4.33. The van der Waals surface area contributed by atoms with Gasteiger partial charge in [-0.2, -0.15) is 0 Å². The molecule has 0 atom stereocenters. The van der Waals surface area contributed by atoms with E-state index >= 15 is 0 Å². The average molecular weight is 249 g/mol. The summed E-state index contributed by atoms with van der Waals surface area (Å²) in [4.78, 5) is 14.9. The van der Waals surface area contributed by atoms with Crippen molar-refractivity contribution in [1.29, 1.82) is 0 Å². The van der Waals surface area contributed by atoms with E-state index in [1.807, 2.05) is 31.2 Å².